The molecule has 0 aliphatic carbocycles. The molecule has 0 aromatic carbocycles. The van der Waals surface area contributed by atoms with Crippen molar-refractivity contribution in [3.05, 3.63) is 0 Å². The average molecular weight is 200 g/mol. The Morgan fingerprint density at radius 2 is 2.36 bits per heavy atom. The molecule has 2 N–H and O–H groups in total. The Morgan fingerprint density at radius 1 is 1.64 bits per heavy atom. The summed E-state index contributed by atoms with van der Waals surface area (Å²) < 4.78 is 0. The zero-order chi connectivity index (χ0) is 10.6. The molecular formula is C10H20N2O2. The summed E-state index contributed by atoms with van der Waals surface area (Å²) in [6, 6.07) is 0. The normalized spacial score (nSPS) is 28.8. The third-order valence-corrected chi connectivity index (χ3v) is 2.95. The van der Waals surface area contributed by atoms with Gasteiger partial charge in [0.2, 0.25) is 5.91 Å². The zero-order valence-corrected chi connectivity index (χ0v) is 8.99. The first-order chi connectivity index (χ1) is 6.67. The van der Waals surface area contributed by atoms with Gasteiger partial charge in [0, 0.05) is 20.1 Å². The molecule has 1 amide bonds. The van der Waals surface area contributed by atoms with E-state index < -0.39 is 0 Å². The fraction of sp³-hybridized carbons (Fsp3) is 0.900. The molecule has 14 heavy (non-hydrogen) atoms. The van der Waals surface area contributed by atoms with Crippen molar-refractivity contribution in [3.8, 4) is 0 Å². The van der Waals surface area contributed by atoms with Crippen LogP contribution in [0.25, 0.3) is 0 Å². The summed E-state index contributed by atoms with van der Waals surface area (Å²) in [7, 11) is 1.65. The number of carbonyl (C=O) groups excluding carboxylic acids is 1. The van der Waals surface area contributed by atoms with E-state index in [1.54, 1.807) is 7.05 Å². The van der Waals surface area contributed by atoms with Gasteiger partial charge in [-0.05, 0) is 18.8 Å². The smallest absolute Gasteiger partial charge is 0.233 e. The number of carbonyl (C=O) groups is 1. The molecule has 0 aromatic heterocycles. The van der Waals surface area contributed by atoms with E-state index in [0.29, 0.717) is 12.5 Å². The predicted octanol–water partition coefficient (Wildman–Crippen LogP) is -0.175. The van der Waals surface area contributed by atoms with Gasteiger partial charge in [0.15, 0.2) is 0 Å². The van der Waals surface area contributed by atoms with E-state index in [1.807, 2.05) is 0 Å². The van der Waals surface area contributed by atoms with Gasteiger partial charge in [-0.15, -0.1) is 0 Å². The lowest BCUT2D eigenvalue weighted by molar-refractivity contribution is -0.122. The van der Waals surface area contributed by atoms with Crippen LogP contribution in [-0.2, 0) is 4.79 Å². The molecule has 4 nitrogen and oxygen atoms in total. The lowest BCUT2D eigenvalue weighted by Crippen LogP contribution is -2.46. The minimum atomic E-state index is -0.180. The molecule has 4 heteroatoms. The van der Waals surface area contributed by atoms with Gasteiger partial charge < -0.3 is 10.4 Å². The molecule has 0 radical (unpaired) electrons. The number of nitrogens with one attached hydrogen (secondary N) is 1. The number of nitrogens with zero attached hydrogens (tertiary/aromatic N) is 1. The minimum Gasteiger partial charge on any atom is -0.393 e. The molecule has 0 spiro atoms. The van der Waals surface area contributed by atoms with Gasteiger partial charge >= 0.3 is 0 Å². The Balaban J connectivity index is 2.38. The van der Waals surface area contributed by atoms with Crippen molar-refractivity contribution in [1.29, 1.82) is 0 Å². The maximum Gasteiger partial charge on any atom is 0.233 e. The number of likely N-dealkylation sites (tertiary alicyclic amines) is 1. The Hall–Kier alpha value is -0.610. The van der Waals surface area contributed by atoms with E-state index >= 15 is 0 Å². The number of amides is 1. The zero-order valence-electron chi connectivity index (χ0n) is 8.99. The maximum absolute atomic E-state index is 11.1. The third-order valence-electron chi connectivity index (χ3n) is 2.95. The Labute approximate surface area is 85.3 Å². The third kappa shape index (κ3) is 2.96. The second kappa shape index (κ2) is 5.32. The van der Waals surface area contributed by atoms with Gasteiger partial charge in [-0.2, -0.15) is 0 Å². The molecule has 1 saturated heterocycles. The molecule has 1 aliphatic heterocycles. The molecule has 0 saturated carbocycles. The fourth-order valence-corrected chi connectivity index (χ4v) is 1.92. The molecule has 1 heterocycles. The first-order valence-corrected chi connectivity index (χ1v) is 5.28. The molecule has 1 fully saturated rings. The first kappa shape index (κ1) is 11.5. The van der Waals surface area contributed by atoms with Crippen molar-refractivity contribution >= 4 is 5.91 Å². The van der Waals surface area contributed by atoms with Crippen LogP contribution in [-0.4, -0.2) is 48.7 Å². The van der Waals surface area contributed by atoms with Crippen LogP contribution < -0.4 is 5.32 Å². The van der Waals surface area contributed by atoms with Gasteiger partial charge in [0.25, 0.3) is 0 Å². The van der Waals surface area contributed by atoms with E-state index in [1.165, 1.54) is 0 Å². The van der Waals surface area contributed by atoms with Crippen LogP contribution in [0.2, 0.25) is 0 Å². The van der Waals surface area contributed by atoms with Gasteiger partial charge in [0.05, 0.1) is 12.6 Å². The van der Waals surface area contributed by atoms with Gasteiger partial charge in [0.1, 0.15) is 0 Å². The monoisotopic (exact) mass is 200 g/mol. The number of rotatable bonds is 3. The van der Waals surface area contributed by atoms with Crippen LogP contribution in [0.1, 0.15) is 19.8 Å². The lowest BCUT2D eigenvalue weighted by Gasteiger charge is -2.35. The van der Waals surface area contributed by atoms with Crippen LogP contribution in [0.5, 0.6) is 0 Å². The number of aliphatic hydroxyl groups excluding tert-OH is 1. The fourth-order valence-electron chi connectivity index (χ4n) is 1.92. The number of hydrogen-bond donors (Lipinski definition) is 2. The number of likely N-dealkylation sites (N-methyl/N-ethyl adjacent to an activating group) is 1. The van der Waals surface area contributed by atoms with Crippen LogP contribution in [0.3, 0.4) is 0 Å². The quantitative estimate of drug-likeness (QED) is 0.665. The van der Waals surface area contributed by atoms with Crippen LogP contribution in [0.15, 0.2) is 0 Å². The highest BCUT2D eigenvalue weighted by atomic mass is 16.3. The highest BCUT2D eigenvalue weighted by Crippen LogP contribution is 2.19. The highest BCUT2D eigenvalue weighted by Gasteiger charge is 2.26. The van der Waals surface area contributed by atoms with Crippen molar-refractivity contribution in [2.75, 3.05) is 26.7 Å². The SMILES string of the molecule is CCC1CN(CC(=O)NC)CCC1O. The Bertz CT molecular complexity index is 197. The topological polar surface area (TPSA) is 52.6 Å². The van der Waals surface area contributed by atoms with Crippen LogP contribution >= 0.6 is 0 Å². The van der Waals surface area contributed by atoms with E-state index in [2.05, 4.69) is 17.1 Å². The van der Waals surface area contributed by atoms with E-state index in [-0.39, 0.29) is 12.0 Å². The number of aliphatic hydroxyl groups is 1. The van der Waals surface area contributed by atoms with Gasteiger partial charge in [-0.1, -0.05) is 6.92 Å². The second-order valence-electron chi connectivity index (χ2n) is 3.93. The Kier molecular flexibility index (Phi) is 4.35. The number of hydrogen-bond acceptors (Lipinski definition) is 3. The van der Waals surface area contributed by atoms with Crippen molar-refractivity contribution < 1.29 is 9.90 Å². The van der Waals surface area contributed by atoms with Crippen molar-refractivity contribution in [1.82, 2.24) is 10.2 Å². The maximum atomic E-state index is 11.1. The summed E-state index contributed by atoms with van der Waals surface area (Å²) in [5, 5.41) is 12.3. The molecule has 1 aliphatic rings. The molecule has 2 atom stereocenters. The van der Waals surface area contributed by atoms with Crippen LogP contribution in [0, 0.1) is 5.92 Å². The summed E-state index contributed by atoms with van der Waals surface area (Å²) in [6.45, 7) is 4.20. The largest absolute Gasteiger partial charge is 0.393 e. The predicted molar refractivity (Wildman–Crippen MR) is 54.9 cm³/mol. The lowest BCUT2D eigenvalue weighted by atomic mass is 9.92. The minimum absolute atomic E-state index is 0.0521. The Morgan fingerprint density at radius 3 is 2.93 bits per heavy atom. The molecule has 0 aromatic rings. The van der Waals surface area contributed by atoms with Gasteiger partial charge in [-0.25, -0.2) is 0 Å². The van der Waals surface area contributed by atoms with Crippen molar-refractivity contribution in [3.63, 3.8) is 0 Å². The molecule has 0 bridgehead atoms. The summed E-state index contributed by atoms with van der Waals surface area (Å²) in [6.07, 6.45) is 1.59. The van der Waals surface area contributed by atoms with Crippen molar-refractivity contribution in [2.45, 2.75) is 25.9 Å². The average Bonchev–Trinajstić information content (AvgIpc) is 2.20. The first-order valence-electron chi connectivity index (χ1n) is 5.28. The number of piperidine rings is 1. The van der Waals surface area contributed by atoms with Crippen LogP contribution in [0.4, 0.5) is 0 Å². The summed E-state index contributed by atoms with van der Waals surface area (Å²) >= 11 is 0. The highest BCUT2D eigenvalue weighted by molar-refractivity contribution is 5.77. The second-order valence-corrected chi connectivity index (χ2v) is 3.93. The van der Waals surface area contributed by atoms with Crippen molar-refractivity contribution in [2.24, 2.45) is 5.92 Å². The molecule has 1 rings (SSSR count). The standard InChI is InChI=1S/C10H20N2O2/c1-3-8-6-12(5-4-9(8)13)7-10(14)11-2/h8-9,13H,3-7H2,1-2H3,(H,11,14). The molecule has 2 unspecified atom stereocenters. The summed E-state index contributed by atoms with van der Waals surface area (Å²) in [5.41, 5.74) is 0. The van der Waals surface area contributed by atoms with Gasteiger partial charge in [-0.3, -0.25) is 9.69 Å². The molecule has 82 valence electrons. The van der Waals surface area contributed by atoms with E-state index in [9.17, 15) is 9.90 Å². The van der Waals surface area contributed by atoms with E-state index in [4.69, 9.17) is 0 Å². The summed E-state index contributed by atoms with van der Waals surface area (Å²) in [5.74, 6) is 0.379. The summed E-state index contributed by atoms with van der Waals surface area (Å²) in [4.78, 5) is 13.3. The molecular weight excluding hydrogens is 180 g/mol. The van der Waals surface area contributed by atoms with E-state index in [0.717, 1.165) is 25.9 Å².